The van der Waals surface area contributed by atoms with Crippen LogP contribution in [0, 0.1) is 0 Å². The lowest BCUT2D eigenvalue weighted by molar-refractivity contribution is -0.148. The molecule has 2 aliphatic heterocycles. The Hall–Kier alpha value is -3.83. The molecule has 0 saturated carbocycles. The van der Waals surface area contributed by atoms with Crippen molar-refractivity contribution in [2.24, 2.45) is 22.2 Å². The number of fused-ring (bicyclic) bond motifs is 2. The van der Waals surface area contributed by atoms with Gasteiger partial charge in [-0.05, 0) is 62.6 Å². The summed E-state index contributed by atoms with van der Waals surface area (Å²) in [5, 5.41) is 3.28. The highest BCUT2D eigenvalue weighted by Gasteiger charge is 2.51. The molecule has 210 valence electrons. The summed E-state index contributed by atoms with van der Waals surface area (Å²) >= 11 is 1.30. The van der Waals surface area contributed by atoms with Gasteiger partial charge in [-0.25, -0.2) is 4.98 Å². The van der Waals surface area contributed by atoms with Gasteiger partial charge in [0.05, 0.1) is 21.8 Å². The predicted octanol–water partition coefficient (Wildman–Crippen LogP) is 2.11. The van der Waals surface area contributed by atoms with Crippen molar-refractivity contribution in [1.29, 1.82) is 0 Å². The number of para-hydroxylation sites is 1. The van der Waals surface area contributed by atoms with Gasteiger partial charge in [-0.15, -0.1) is 11.3 Å². The molecular weight excluding hydrogens is 526 g/mol. The van der Waals surface area contributed by atoms with E-state index < -0.39 is 17.6 Å². The third kappa shape index (κ3) is 5.85. The van der Waals surface area contributed by atoms with Gasteiger partial charge in [-0.3, -0.25) is 19.4 Å². The van der Waals surface area contributed by atoms with E-state index in [-0.39, 0.29) is 29.6 Å². The second-order valence-electron chi connectivity index (χ2n) is 10.7. The molecule has 2 aliphatic rings. The minimum absolute atomic E-state index is 0.0283. The second kappa shape index (κ2) is 11.7. The predicted molar refractivity (Wildman–Crippen MR) is 156 cm³/mol. The summed E-state index contributed by atoms with van der Waals surface area (Å²) in [7, 11) is 0. The molecule has 3 aromatic rings. The number of nitrogens with two attached hydrogens (primary N) is 3. The number of benzene rings is 2. The summed E-state index contributed by atoms with van der Waals surface area (Å²) in [6, 6.07) is 15.7. The number of hydrogen-bond acceptors (Lipinski definition) is 7. The summed E-state index contributed by atoms with van der Waals surface area (Å²) in [6.07, 6.45) is 3.79. The molecule has 0 spiro atoms. The minimum atomic E-state index is -1.07. The van der Waals surface area contributed by atoms with Crippen molar-refractivity contribution in [2.45, 2.75) is 68.6 Å². The Bertz CT molecular complexity index is 1390. The van der Waals surface area contributed by atoms with Crippen LogP contribution in [-0.2, 0) is 16.0 Å². The quantitative estimate of drug-likeness (QED) is 0.127. The van der Waals surface area contributed by atoms with Gasteiger partial charge in [0.1, 0.15) is 6.04 Å². The van der Waals surface area contributed by atoms with Crippen LogP contribution in [0.15, 0.2) is 59.6 Å². The van der Waals surface area contributed by atoms with E-state index in [0.717, 1.165) is 28.6 Å². The number of piperidine rings is 1. The number of amides is 2. The van der Waals surface area contributed by atoms with Crippen molar-refractivity contribution in [1.82, 2.24) is 15.2 Å². The van der Waals surface area contributed by atoms with Gasteiger partial charge in [0.25, 0.3) is 0 Å². The van der Waals surface area contributed by atoms with Crippen LogP contribution in [0.1, 0.15) is 53.9 Å². The number of carbonyl (C=O) groups is 3. The lowest BCUT2D eigenvalue weighted by atomic mass is 9.81. The number of guanidine groups is 1. The van der Waals surface area contributed by atoms with Crippen molar-refractivity contribution >= 4 is 45.1 Å². The molecule has 2 saturated heterocycles. The zero-order chi connectivity index (χ0) is 28.3. The lowest BCUT2D eigenvalue weighted by Crippen LogP contribution is -2.65. The third-order valence-electron chi connectivity index (χ3n) is 7.83. The molecule has 1 unspecified atom stereocenters. The van der Waals surface area contributed by atoms with Crippen LogP contribution in [0.4, 0.5) is 0 Å². The first-order valence-corrected chi connectivity index (χ1v) is 14.5. The number of nitrogens with zero attached hydrogens (tertiary/aromatic N) is 3. The standard InChI is InChI=1S/C29H35N7O3S/c30-28(31)33-16-6-10-21(24(37)26-35-20-9-4-5-11-23(20)40-26)34-25(38)22-13-12-19-14-15-29(32,27(39)36(19)22)17-18-7-2-1-3-8-18/h1-5,7-9,11,19,21-22H,6,10,12-17,32H2,(H,34,38)(H4,30,31,33)/t19?,21-,22-,29+/m0/s1. The topological polar surface area (TPSA) is 170 Å². The maximum Gasteiger partial charge on any atom is 0.243 e. The molecule has 11 heteroatoms. The SMILES string of the molecule is NC(N)=NCCC[C@H](NC(=O)[C@@H]1CCC2CC[C@@](N)(Cc3ccccc3)C(=O)N21)C(=O)c1nc2ccccc2s1. The van der Waals surface area contributed by atoms with Crippen molar-refractivity contribution in [3.8, 4) is 0 Å². The smallest absolute Gasteiger partial charge is 0.243 e. The number of rotatable bonds is 10. The van der Waals surface area contributed by atoms with Gasteiger partial charge in [-0.2, -0.15) is 0 Å². The first-order valence-electron chi connectivity index (χ1n) is 13.7. The van der Waals surface area contributed by atoms with Crippen LogP contribution in [0.3, 0.4) is 0 Å². The van der Waals surface area contributed by atoms with E-state index in [2.05, 4.69) is 15.3 Å². The molecule has 40 heavy (non-hydrogen) atoms. The van der Waals surface area contributed by atoms with Gasteiger partial charge in [0.15, 0.2) is 11.0 Å². The minimum Gasteiger partial charge on any atom is -0.370 e. The van der Waals surface area contributed by atoms with Gasteiger partial charge >= 0.3 is 0 Å². The highest BCUT2D eigenvalue weighted by molar-refractivity contribution is 7.20. The molecule has 2 fully saturated rings. The van der Waals surface area contributed by atoms with E-state index >= 15 is 0 Å². The second-order valence-corrected chi connectivity index (χ2v) is 11.7. The van der Waals surface area contributed by atoms with Gasteiger partial charge in [0, 0.05) is 12.6 Å². The zero-order valence-electron chi connectivity index (χ0n) is 22.3. The molecule has 5 rings (SSSR count). The van der Waals surface area contributed by atoms with Crippen LogP contribution < -0.4 is 22.5 Å². The zero-order valence-corrected chi connectivity index (χ0v) is 23.1. The molecule has 2 aromatic carbocycles. The van der Waals surface area contributed by atoms with E-state index in [9.17, 15) is 14.4 Å². The summed E-state index contributed by atoms with van der Waals surface area (Å²) in [5.41, 5.74) is 18.2. The maximum atomic E-state index is 13.8. The van der Waals surface area contributed by atoms with Crippen LogP contribution in [0.2, 0.25) is 0 Å². The van der Waals surface area contributed by atoms with Crippen LogP contribution in [-0.4, -0.2) is 63.7 Å². The molecule has 10 nitrogen and oxygen atoms in total. The molecule has 2 amide bonds. The molecule has 4 atom stereocenters. The number of nitrogens with one attached hydrogen (secondary N) is 1. The largest absolute Gasteiger partial charge is 0.370 e. The summed E-state index contributed by atoms with van der Waals surface area (Å²) in [6.45, 7) is 0.327. The number of ketones is 1. The normalized spacial score (nSPS) is 23.0. The number of hydrogen-bond donors (Lipinski definition) is 4. The fourth-order valence-corrected chi connectivity index (χ4v) is 6.77. The molecule has 7 N–H and O–H groups in total. The molecular formula is C29H35N7O3S. The van der Waals surface area contributed by atoms with E-state index in [4.69, 9.17) is 17.2 Å². The fourth-order valence-electron chi connectivity index (χ4n) is 5.81. The number of thiazole rings is 1. The van der Waals surface area contributed by atoms with Gasteiger partial charge in [0.2, 0.25) is 17.6 Å². The monoisotopic (exact) mass is 561 g/mol. The first-order chi connectivity index (χ1) is 19.2. The van der Waals surface area contributed by atoms with Crippen LogP contribution in [0.25, 0.3) is 10.2 Å². The molecule has 0 radical (unpaired) electrons. The first kappa shape index (κ1) is 27.7. The summed E-state index contributed by atoms with van der Waals surface area (Å²) in [5.74, 6) is -0.844. The molecule has 0 aliphatic carbocycles. The Morgan fingerprint density at radius 1 is 1.10 bits per heavy atom. The highest BCUT2D eigenvalue weighted by atomic mass is 32.1. The van der Waals surface area contributed by atoms with Crippen LogP contribution >= 0.6 is 11.3 Å². The Kier molecular flexibility index (Phi) is 8.13. The fraction of sp³-hybridized carbons (Fsp3) is 0.414. The van der Waals surface area contributed by atoms with Gasteiger partial charge in [-0.1, -0.05) is 42.5 Å². The van der Waals surface area contributed by atoms with E-state index in [1.54, 1.807) is 4.90 Å². The Morgan fingerprint density at radius 2 is 1.85 bits per heavy atom. The maximum absolute atomic E-state index is 13.8. The average Bonchev–Trinajstić information content (AvgIpc) is 3.57. The van der Waals surface area contributed by atoms with E-state index in [0.29, 0.717) is 43.7 Å². The lowest BCUT2D eigenvalue weighted by Gasteiger charge is -2.43. The van der Waals surface area contributed by atoms with Crippen molar-refractivity contribution in [3.05, 3.63) is 65.2 Å². The summed E-state index contributed by atoms with van der Waals surface area (Å²) in [4.78, 5) is 51.2. The van der Waals surface area contributed by atoms with E-state index in [1.807, 2.05) is 54.6 Å². The highest BCUT2D eigenvalue weighted by Crippen LogP contribution is 2.37. The average molecular weight is 562 g/mol. The number of Topliss-reactive ketones (excluding diaryl/α,β-unsaturated/α-hetero) is 1. The summed E-state index contributed by atoms with van der Waals surface area (Å²) < 4.78 is 0.895. The number of aromatic nitrogens is 1. The van der Waals surface area contributed by atoms with Crippen LogP contribution in [0.5, 0.6) is 0 Å². The number of carbonyl (C=O) groups excluding carboxylic acids is 3. The van der Waals surface area contributed by atoms with Crippen molar-refractivity contribution < 1.29 is 14.4 Å². The Morgan fingerprint density at radius 3 is 2.60 bits per heavy atom. The van der Waals surface area contributed by atoms with E-state index in [1.165, 1.54) is 11.3 Å². The van der Waals surface area contributed by atoms with Crippen molar-refractivity contribution in [2.75, 3.05) is 6.54 Å². The number of aliphatic imine (C=N–C) groups is 1. The Balaban J connectivity index is 1.33. The Labute approximate surface area is 237 Å². The molecule has 0 bridgehead atoms. The third-order valence-corrected chi connectivity index (χ3v) is 8.89. The molecule has 1 aromatic heterocycles. The molecule has 3 heterocycles. The van der Waals surface area contributed by atoms with Crippen molar-refractivity contribution in [3.63, 3.8) is 0 Å². The van der Waals surface area contributed by atoms with Gasteiger partial charge < -0.3 is 27.4 Å².